The number of hydrogen-bond acceptors (Lipinski definition) is 1. The van der Waals surface area contributed by atoms with Crippen molar-refractivity contribution in [2.24, 2.45) is 11.8 Å². The van der Waals surface area contributed by atoms with Gasteiger partial charge in [-0.15, -0.1) is 0 Å². The fraction of sp³-hybridized carbons (Fsp3) is 0.556. The van der Waals surface area contributed by atoms with Crippen LogP contribution in [-0.4, -0.2) is 4.83 Å². The predicted molar refractivity (Wildman–Crippen MR) is 88.4 cm³/mol. The molecule has 0 saturated heterocycles. The Morgan fingerprint density at radius 2 is 2.00 bits per heavy atom. The van der Waals surface area contributed by atoms with Gasteiger partial charge in [-0.3, -0.25) is 0 Å². The van der Waals surface area contributed by atoms with Crippen molar-refractivity contribution in [1.29, 1.82) is 0 Å². The number of alkyl halides is 1. The van der Waals surface area contributed by atoms with Gasteiger partial charge < -0.3 is 4.42 Å². The minimum Gasteiger partial charge on any atom is -0.460 e. The van der Waals surface area contributed by atoms with Gasteiger partial charge in [-0.1, -0.05) is 43.1 Å². The van der Waals surface area contributed by atoms with Crippen LogP contribution in [0, 0.1) is 17.7 Å². The minimum atomic E-state index is -0.211. The number of rotatable bonds is 2. The molecule has 0 radical (unpaired) electrons. The highest BCUT2D eigenvalue weighted by molar-refractivity contribution is 9.09. The van der Waals surface area contributed by atoms with Crippen LogP contribution in [0.2, 0.25) is 0 Å². The van der Waals surface area contributed by atoms with Crippen LogP contribution in [0.1, 0.15) is 45.8 Å². The van der Waals surface area contributed by atoms with Crippen LogP contribution in [0.15, 0.2) is 28.7 Å². The van der Waals surface area contributed by atoms with Crippen LogP contribution in [0.25, 0.3) is 11.0 Å². The molecule has 3 unspecified atom stereocenters. The third-order valence-corrected chi connectivity index (χ3v) is 6.09. The van der Waals surface area contributed by atoms with Crippen molar-refractivity contribution >= 4 is 26.9 Å². The quantitative estimate of drug-likeness (QED) is 0.599. The summed E-state index contributed by atoms with van der Waals surface area (Å²) >= 11 is 3.88. The lowest BCUT2D eigenvalue weighted by molar-refractivity contribution is 0.192. The van der Waals surface area contributed by atoms with Gasteiger partial charge in [-0.05, 0) is 48.9 Å². The maximum Gasteiger partial charge on any atom is 0.134 e. The average Bonchev–Trinajstić information content (AvgIpc) is 2.81. The number of halogens is 2. The first-order chi connectivity index (χ1) is 9.88. The fourth-order valence-electron chi connectivity index (χ4n) is 3.64. The first-order valence-electron chi connectivity index (χ1n) is 7.71. The third-order valence-electron chi connectivity index (χ3n) is 5.07. The van der Waals surface area contributed by atoms with Crippen molar-refractivity contribution < 1.29 is 8.81 Å². The van der Waals surface area contributed by atoms with E-state index in [2.05, 4.69) is 36.7 Å². The zero-order valence-electron chi connectivity index (χ0n) is 12.8. The smallest absolute Gasteiger partial charge is 0.134 e. The third kappa shape index (κ3) is 2.77. The molecule has 1 fully saturated rings. The van der Waals surface area contributed by atoms with E-state index < -0.39 is 0 Å². The summed E-state index contributed by atoms with van der Waals surface area (Å²) in [7, 11) is 0. The second kappa shape index (κ2) is 5.42. The van der Waals surface area contributed by atoms with Crippen molar-refractivity contribution in [3.63, 3.8) is 0 Å². The maximum atomic E-state index is 13.4. The van der Waals surface area contributed by atoms with Gasteiger partial charge in [0.15, 0.2) is 0 Å². The van der Waals surface area contributed by atoms with E-state index in [-0.39, 0.29) is 11.2 Å². The van der Waals surface area contributed by atoms with Gasteiger partial charge >= 0.3 is 0 Å². The van der Waals surface area contributed by atoms with Gasteiger partial charge in [0.25, 0.3) is 0 Å². The highest BCUT2D eigenvalue weighted by Gasteiger charge is 2.40. The van der Waals surface area contributed by atoms with Crippen molar-refractivity contribution in [3.05, 3.63) is 35.8 Å². The zero-order chi connectivity index (χ0) is 15.2. The van der Waals surface area contributed by atoms with Crippen molar-refractivity contribution in [3.8, 4) is 0 Å². The predicted octanol–water partition coefficient (Wildman–Crippen LogP) is 6.05. The molecule has 1 heterocycles. The van der Waals surface area contributed by atoms with E-state index >= 15 is 0 Å². The normalized spacial score (nSPS) is 27.2. The van der Waals surface area contributed by atoms with Crippen LogP contribution in [0.3, 0.4) is 0 Å². The molecular formula is C18H22BrFO. The van der Waals surface area contributed by atoms with Crippen LogP contribution in [0.5, 0.6) is 0 Å². The number of furan rings is 1. The van der Waals surface area contributed by atoms with Gasteiger partial charge in [0, 0.05) is 15.6 Å². The molecule has 1 aromatic carbocycles. The number of hydrogen-bond donors (Lipinski definition) is 0. The van der Waals surface area contributed by atoms with E-state index in [0.29, 0.717) is 10.7 Å². The molecule has 1 aliphatic carbocycles. The fourth-order valence-corrected chi connectivity index (χ4v) is 5.20. The van der Waals surface area contributed by atoms with Crippen molar-refractivity contribution in [2.75, 3.05) is 0 Å². The topological polar surface area (TPSA) is 13.1 Å². The van der Waals surface area contributed by atoms with E-state index in [1.165, 1.54) is 25.3 Å². The summed E-state index contributed by atoms with van der Waals surface area (Å²) in [5, 5.41) is 0.855. The number of benzene rings is 1. The summed E-state index contributed by atoms with van der Waals surface area (Å²) in [6, 6.07) is 6.74. The van der Waals surface area contributed by atoms with E-state index in [4.69, 9.17) is 4.42 Å². The molecule has 21 heavy (non-hydrogen) atoms. The van der Waals surface area contributed by atoms with Crippen LogP contribution in [0.4, 0.5) is 4.39 Å². The highest BCUT2D eigenvalue weighted by Crippen LogP contribution is 2.46. The molecule has 3 heteroatoms. The average molecular weight is 353 g/mol. The molecule has 0 bridgehead atoms. The molecule has 0 N–H and O–H groups in total. The molecule has 3 rings (SSSR count). The Balaban J connectivity index is 1.95. The second-order valence-electron chi connectivity index (χ2n) is 7.06. The second-order valence-corrected chi connectivity index (χ2v) is 8.23. The maximum absolute atomic E-state index is 13.4. The Labute approximate surface area is 134 Å². The Morgan fingerprint density at radius 3 is 2.71 bits per heavy atom. The first-order valence-corrected chi connectivity index (χ1v) is 8.63. The van der Waals surface area contributed by atoms with Gasteiger partial charge in [-0.25, -0.2) is 4.39 Å². The molecule has 114 valence electrons. The molecule has 0 amide bonds. The van der Waals surface area contributed by atoms with E-state index in [1.54, 1.807) is 12.1 Å². The molecule has 3 atom stereocenters. The zero-order valence-corrected chi connectivity index (χ0v) is 14.4. The van der Waals surface area contributed by atoms with Crippen LogP contribution >= 0.6 is 15.9 Å². The Bertz CT molecular complexity index is 646. The Hall–Kier alpha value is -0.830. The largest absolute Gasteiger partial charge is 0.460 e. The SMILES string of the molecule is CC1CCC(C(C)(C)c2cc3cc(F)ccc3o2)C(Br)C1. The summed E-state index contributed by atoms with van der Waals surface area (Å²) in [5.74, 6) is 2.08. The molecule has 0 spiro atoms. The molecule has 1 nitrogen and oxygen atoms in total. The molecule has 1 aliphatic rings. The molecular weight excluding hydrogens is 331 g/mol. The lowest BCUT2D eigenvalue weighted by Crippen LogP contribution is -2.38. The molecule has 2 aromatic rings. The lowest BCUT2D eigenvalue weighted by Gasteiger charge is -2.40. The molecule has 0 aliphatic heterocycles. The van der Waals surface area contributed by atoms with Gasteiger partial charge in [-0.2, -0.15) is 0 Å². The summed E-state index contributed by atoms with van der Waals surface area (Å²) in [5.41, 5.74) is 0.721. The lowest BCUT2D eigenvalue weighted by atomic mass is 9.68. The summed E-state index contributed by atoms with van der Waals surface area (Å²) in [6.07, 6.45) is 3.68. The van der Waals surface area contributed by atoms with Gasteiger partial charge in [0.05, 0.1) is 0 Å². The number of fused-ring (bicyclic) bond motifs is 1. The highest BCUT2D eigenvalue weighted by atomic mass is 79.9. The Morgan fingerprint density at radius 1 is 1.24 bits per heavy atom. The van der Waals surface area contributed by atoms with Crippen LogP contribution < -0.4 is 0 Å². The van der Waals surface area contributed by atoms with Gasteiger partial charge in [0.1, 0.15) is 17.2 Å². The van der Waals surface area contributed by atoms with E-state index in [1.807, 2.05) is 6.07 Å². The minimum absolute atomic E-state index is 0.0518. The van der Waals surface area contributed by atoms with Crippen molar-refractivity contribution in [1.82, 2.24) is 0 Å². The monoisotopic (exact) mass is 352 g/mol. The van der Waals surface area contributed by atoms with E-state index in [9.17, 15) is 4.39 Å². The first kappa shape index (κ1) is 15.1. The van der Waals surface area contributed by atoms with Crippen LogP contribution in [-0.2, 0) is 5.41 Å². The molecule has 1 aromatic heterocycles. The van der Waals surface area contributed by atoms with Crippen molar-refractivity contribution in [2.45, 2.75) is 50.3 Å². The molecule has 1 saturated carbocycles. The standard InChI is InChI=1S/C18H22BrFO/c1-11-4-6-14(15(19)8-11)18(2,3)17-10-12-9-13(20)5-7-16(12)21-17/h5,7,9-11,14-15H,4,6,8H2,1-3H3. The summed E-state index contributed by atoms with van der Waals surface area (Å²) in [4.78, 5) is 0.515. The summed E-state index contributed by atoms with van der Waals surface area (Å²) < 4.78 is 19.4. The van der Waals surface area contributed by atoms with Gasteiger partial charge in [0.2, 0.25) is 0 Å². The van der Waals surface area contributed by atoms with E-state index in [0.717, 1.165) is 22.6 Å². The Kier molecular flexibility index (Phi) is 3.89. The summed E-state index contributed by atoms with van der Waals surface area (Å²) in [6.45, 7) is 6.81.